The van der Waals surface area contributed by atoms with Crippen molar-refractivity contribution in [3.8, 4) is 0 Å². The molecule has 1 aromatic carbocycles. The molecule has 0 aliphatic rings. The van der Waals surface area contributed by atoms with Crippen molar-refractivity contribution in [3.63, 3.8) is 0 Å². The summed E-state index contributed by atoms with van der Waals surface area (Å²) in [5, 5.41) is 4.38. The number of hydrogen-bond acceptors (Lipinski definition) is 1. The minimum atomic E-state index is 0.991. The van der Waals surface area contributed by atoms with E-state index in [0.29, 0.717) is 0 Å². The van der Waals surface area contributed by atoms with Crippen molar-refractivity contribution in [1.82, 2.24) is 14.6 Å². The van der Waals surface area contributed by atoms with Crippen LogP contribution >= 0.6 is 0 Å². The van der Waals surface area contributed by atoms with E-state index in [0.717, 1.165) is 11.2 Å². The summed E-state index contributed by atoms with van der Waals surface area (Å²) < 4.78 is 1.92. The highest BCUT2D eigenvalue weighted by molar-refractivity contribution is 5.91. The Balaban J connectivity index is 2.68. The average Bonchev–Trinajstić information content (AvgIpc) is 2.62. The van der Waals surface area contributed by atoms with Crippen LogP contribution in [0.15, 0.2) is 36.7 Å². The molecule has 0 saturated heterocycles. The molecule has 0 saturated carbocycles. The molecule has 3 heteroatoms. The summed E-state index contributed by atoms with van der Waals surface area (Å²) in [6.45, 7) is 0. The number of aromatic nitrogens is 3. The summed E-state index contributed by atoms with van der Waals surface area (Å²) in [5.41, 5.74) is 2.12. The summed E-state index contributed by atoms with van der Waals surface area (Å²) in [7, 11) is 0. The zero-order valence-electron chi connectivity index (χ0n) is 6.36. The maximum atomic E-state index is 4.24. The lowest BCUT2D eigenvalue weighted by Gasteiger charge is -1.83. The van der Waals surface area contributed by atoms with Gasteiger partial charge < -0.3 is 0 Å². The van der Waals surface area contributed by atoms with E-state index in [1.165, 1.54) is 5.39 Å². The van der Waals surface area contributed by atoms with Crippen LogP contribution < -0.4 is 0 Å². The predicted octanol–water partition coefficient (Wildman–Crippen LogP) is 1.82. The molecule has 0 aliphatic carbocycles. The van der Waals surface area contributed by atoms with Crippen molar-refractivity contribution < 1.29 is 0 Å². The number of nitrogens with zero attached hydrogens (tertiary/aromatic N) is 2. The number of H-pyrrole nitrogens is 1. The van der Waals surface area contributed by atoms with Crippen LogP contribution in [0.3, 0.4) is 0 Å². The summed E-state index contributed by atoms with van der Waals surface area (Å²) in [4.78, 5) is 4.24. The Kier molecular flexibility index (Phi) is 0.913. The van der Waals surface area contributed by atoms with E-state index in [2.05, 4.69) is 16.1 Å². The molecule has 12 heavy (non-hydrogen) atoms. The first kappa shape index (κ1) is 5.83. The molecule has 0 atom stereocenters. The lowest BCUT2D eigenvalue weighted by molar-refractivity contribution is 0.995. The number of nitrogens with one attached hydrogen (secondary N) is 1. The van der Waals surface area contributed by atoms with Gasteiger partial charge in [0.05, 0.1) is 5.52 Å². The highest BCUT2D eigenvalue weighted by atomic mass is 15.3. The molecule has 3 aromatic rings. The Bertz CT molecular complexity index is 532. The predicted molar refractivity (Wildman–Crippen MR) is 47.0 cm³/mol. The van der Waals surface area contributed by atoms with E-state index in [-0.39, 0.29) is 0 Å². The fraction of sp³-hybridized carbons (Fsp3) is 0. The zero-order valence-corrected chi connectivity index (χ0v) is 6.36. The second kappa shape index (κ2) is 1.88. The van der Waals surface area contributed by atoms with E-state index < -0.39 is 0 Å². The third kappa shape index (κ3) is 0.580. The first-order valence-electron chi connectivity index (χ1n) is 3.85. The van der Waals surface area contributed by atoms with Crippen LogP contribution in [-0.4, -0.2) is 14.6 Å². The first-order valence-corrected chi connectivity index (χ1v) is 3.85. The van der Waals surface area contributed by atoms with Crippen molar-refractivity contribution in [1.29, 1.82) is 0 Å². The van der Waals surface area contributed by atoms with Gasteiger partial charge >= 0.3 is 0 Å². The molecule has 0 bridgehead atoms. The molecule has 3 nitrogen and oxygen atoms in total. The van der Waals surface area contributed by atoms with Gasteiger partial charge in [0.2, 0.25) is 0 Å². The van der Waals surface area contributed by atoms with Gasteiger partial charge in [-0.1, -0.05) is 12.1 Å². The summed E-state index contributed by atoms with van der Waals surface area (Å²) in [6, 6.07) is 8.14. The lowest BCUT2D eigenvalue weighted by Crippen LogP contribution is -1.76. The Morgan fingerprint density at radius 1 is 1.25 bits per heavy atom. The zero-order chi connectivity index (χ0) is 7.97. The fourth-order valence-electron chi connectivity index (χ4n) is 1.50. The van der Waals surface area contributed by atoms with E-state index in [1.54, 1.807) is 6.20 Å². The summed E-state index contributed by atoms with van der Waals surface area (Å²) in [5.74, 6) is 0. The number of hydrogen-bond donors (Lipinski definition) is 1. The molecule has 0 fully saturated rings. The highest BCUT2D eigenvalue weighted by Gasteiger charge is 2.01. The van der Waals surface area contributed by atoms with Gasteiger partial charge in [0, 0.05) is 17.8 Å². The molecule has 2 aromatic heterocycles. The molecule has 58 valence electrons. The fourth-order valence-corrected chi connectivity index (χ4v) is 1.50. The largest absolute Gasteiger partial charge is 0.292 e. The van der Waals surface area contributed by atoms with Crippen molar-refractivity contribution >= 4 is 16.6 Å². The third-order valence-corrected chi connectivity index (χ3v) is 2.05. The van der Waals surface area contributed by atoms with E-state index >= 15 is 0 Å². The van der Waals surface area contributed by atoms with Crippen molar-refractivity contribution in [2.75, 3.05) is 0 Å². The van der Waals surface area contributed by atoms with Gasteiger partial charge in [0.25, 0.3) is 0 Å². The third-order valence-electron chi connectivity index (χ3n) is 2.05. The first-order chi connectivity index (χ1) is 5.95. The van der Waals surface area contributed by atoms with Gasteiger partial charge in [-0.05, 0) is 12.1 Å². The van der Waals surface area contributed by atoms with Gasteiger partial charge in [-0.15, -0.1) is 0 Å². The minimum absolute atomic E-state index is 0.991. The number of imidazole rings is 1. The standard InChI is InChI=1S/C9H7N3/c1-2-4-8-7(3-1)9-10-5-6-12(9)11-8/h1-6,11H. The molecule has 3 rings (SSSR count). The Hall–Kier alpha value is -1.77. The van der Waals surface area contributed by atoms with E-state index in [1.807, 2.05) is 28.9 Å². The monoisotopic (exact) mass is 157 g/mol. The average molecular weight is 157 g/mol. The van der Waals surface area contributed by atoms with E-state index in [9.17, 15) is 0 Å². The quantitative estimate of drug-likeness (QED) is 0.530. The minimum Gasteiger partial charge on any atom is -0.292 e. The molecule has 0 unspecified atom stereocenters. The Morgan fingerprint density at radius 2 is 2.17 bits per heavy atom. The molecule has 2 heterocycles. The van der Waals surface area contributed by atoms with Crippen molar-refractivity contribution in [2.45, 2.75) is 0 Å². The van der Waals surface area contributed by atoms with Crippen LogP contribution in [0.4, 0.5) is 0 Å². The molecule has 1 N–H and O–H groups in total. The van der Waals surface area contributed by atoms with Crippen LogP contribution in [0.1, 0.15) is 0 Å². The van der Waals surface area contributed by atoms with Gasteiger partial charge in [0.1, 0.15) is 0 Å². The number of aromatic amines is 1. The smallest absolute Gasteiger partial charge is 0.160 e. The normalized spacial score (nSPS) is 11.3. The topological polar surface area (TPSA) is 33.1 Å². The number of para-hydroxylation sites is 1. The summed E-state index contributed by atoms with van der Waals surface area (Å²) >= 11 is 0. The summed E-state index contributed by atoms with van der Waals surface area (Å²) in [6.07, 6.45) is 3.70. The molecule has 0 radical (unpaired) electrons. The van der Waals surface area contributed by atoms with Crippen molar-refractivity contribution in [3.05, 3.63) is 36.7 Å². The van der Waals surface area contributed by atoms with Crippen molar-refractivity contribution in [2.24, 2.45) is 0 Å². The Labute approximate surface area is 68.6 Å². The lowest BCUT2D eigenvalue weighted by atomic mass is 10.2. The molecular formula is C9H7N3. The second-order valence-electron chi connectivity index (χ2n) is 2.78. The number of fused-ring (bicyclic) bond motifs is 3. The van der Waals surface area contributed by atoms with Crippen LogP contribution in [0.25, 0.3) is 16.6 Å². The number of benzene rings is 1. The van der Waals surface area contributed by atoms with Crippen LogP contribution in [-0.2, 0) is 0 Å². The molecule has 0 spiro atoms. The van der Waals surface area contributed by atoms with Crippen LogP contribution in [0, 0.1) is 0 Å². The SMILES string of the molecule is c1ccc2c(c1)[nH]n1ccnc21. The maximum Gasteiger partial charge on any atom is 0.160 e. The van der Waals surface area contributed by atoms with E-state index in [4.69, 9.17) is 0 Å². The second-order valence-corrected chi connectivity index (χ2v) is 2.78. The van der Waals surface area contributed by atoms with Gasteiger partial charge in [-0.3, -0.25) is 5.10 Å². The van der Waals surface area contributed by atoms with Crippen LogP contribution in [0.5, 0.6) is 0 Å². The molecule has 0 aliphatic heterocycles. The number of rotatable bonds is 0. The van der Waals surface area contributed by atoms with Gasteiger partial charge in [-0.2, -0.15) is 0 Å². The highest BCUT2D eigenvalue weighted by Crippen LogP contribution is 2.16. The van der Waals surface area contributed by atoms with Gasteiger partial charge in [0.15, 0.2) is 5.65 Å². The Morgan fingerprint density at radius 3 is 3.17 bits per heavy atom. The molecular weight excluding hydrogens is 150 g/mol. The molecule has 0 amide bonds. The van der Waals surface area contributed by atoms with Crippen LogP contribution in [0.2, 0.25) is 0 Å². The van der Waals surface area contributed by atoms with Gasteiger partial charge in [-0.25, -0.2) is 9.50 Å². The maximum absolute atomic E-state index is 4.24.